The maximum atomic E-state index is 13.2. The Bertz CT molecular complexity index is 1070. The van der Waals surface area contributed by atoms with Crippen molar-refractivity contribution < 1.29 is 28.7 Å². The van der Waals surface area contributed by atoms with Crippen molar-refractivity contribution in [2.24, 2.45) is 0 Å². The van der Waals surface area contributed by atoms with Gasteiger partial charge >= 0.3 is 6.09 Å². The number of nitrogens with zero attached hydrogens (tertiary/aromatic N) is 2. The van der Waals surface area contributed by atoms with Gasteiger partial charge in [0, 0.05) is 41.6 Å². The molecule has 0 saturated carbocycles. The van der Waals surface area contributed by atoms with Crippen LogP contribution in [0.3, 0.4) is 0 Å². The highest BCUT2D eigenvalue weighted by Crippen LogP contribution is 2.49. The van der Waals surface area contributed by atoms with Gasteiger partial charge in [-0.3, -0.25) is 19.7 Å². The number of hydrogen-bond donors (Lipinski definition) is 1. The van der Waals surface area contributed by atoms with Gasteiger partial charge in [0.05, 0.1) is 13.2 Å². The van der Waals surface area contributed by atoms with Crippen LogP contribution in [-0.2, 0) is 26.3 Å². The van der Waals surface area contributed by atoms with Crippen LogP contribution >= 0.6 is 0 Å². The third-order valence-electron chi connectivity index (χ3n) is 7.44. The third-order valence-corrected chi connectivity index (χ3v) is 7.44. The van der Waals surface area contributed by atoms with E-state index in [1.54, 1.807) is 9.80 Å². The van der Waals surface area contributed by atoms with Crippen molar-refractivity contribution in [3.05, 3.63) is 28.8 Å². The molecule has 2 saturated heterocycles. The van der Waals surface area contributed by atoms with Crippen LogP contribution in [0.15, 0.2) is 12.1 Å². The van der Waals surface area contributed by atoms with Gasteiger partial charge in [-0.2, -0.15) is 0 Å². The first kappa shape index (κ1) is 22.7. The highest BCUT2D eigenvalue weighted by Gasteiger charge is 2.46. The van der Waals surface area contributed by atoms with Crippen molar-refractivity contribution in [2.45, 2.75) is 76.5 Å². The highest BCUT2D eigenvalue weighted by molar-refractivity contribution is 6.05. The molecule has 0 aliphatic carbocycles. The van der Waals surface area contributed by atoms with E-state index in [9.17, 15) is 19.2 Å². The van der Waals surface area contributed by atoms with Crippen molar-refractivity contribution in [1.29, 1.82) is 0 Å². The molecule has 9 heteroatoms. The minimum atomic E-state index is -0.650. The smallest absolute Gasteiger partial charge is 0.410 e. The van der Waals surface area contributed by atoms with E-state index in [1.165, 1.54) is 0 Å². The molecule has 0 radical (unpaired) electrons. The average Bonchev–Trinajstić information content (AvgIpc) is 3.10. The minimum absolute atomic E-state index is 0.119. The summed E-state index contributed by atoms with van der Waals surface area (Å²) in [5.74, 6) is -0.170. The maximum Gasteiger partial charge on any atom is 0.410 e. The summed E-state index contributed by atoms with van der Waals surface area (Å²) < 4.78 is 11.7. The molecule has 4 aliphatic rings. The topological polar surface area (TPSA) is 105 Å². The van der Waals surface area contributed by atoms with Crippen LogP contribution in [0.4, 0.5) is 4.79 Å². The Labute approximate surface area is 198 Å². The number of piperidine rings is 2. The lowest BCUT2D eigenvalue weighted by atomic mass is 9.68. The van der Waals surface area contributed by atoms with Gasteiger partial charge in [0.2, 0.25) is 11.8 Å². The fraction of sp³-hybridized carbons (Fsp3) is 0.600. The number of benzene rings is 1. The van der Waals surface area contributed by atoms with Crippen molar-refractivity contribution in [3.8, 4) is 5.75 Å². The van der Waals surface area contributed by atoms with Crippen LogP contribution in [0.1, 0.15) is 74.4 Å². The first-order valence-corrected chi connectivity index (χ1v) is 12.0. The van der Waals surface area contributed by atoms with E-state index >= 15 is 0 Å². The molecule has 182 valence electrons. The second-order valence-corrected chi connectivity index (χ2v) is 10.7. The van der Waals surface area contributed by atoms with E-state index in [0.717, 1.165) is 36.1 Å². The van der Waals surface area contributed by atoms with Gasteiger partial charge in [0.1, 0.15) is 17.4 Å². The third kappa shape index (κ3) is 3.80. The lowest BCUT2D eigenvalue weighted by Crippen LogP contribution is -2.52. The van der Waals surface area contributed by atoms with Crippen molar-refractivity contribution in [2.75, 3.05) is 19.7 Å². The number of fused-ring (bicyclic) bond motifs is 4. The SMILES string of the molecule is CC(C)(C)OC(=O)N1CCC2(CCOc3c2ccc2c3CN(C3CCC(=O)NC3=O)C2=O)CC1. The molecule has 34 heavy (non-hydrogen) atoms. The predicted octanol–water partition coefficient (Wildman–Crippen LogP) is 2.50. The largest absolute Gasteiger partial charge is 0.493 e. The molecular formula is C25H31N3O6. The number of rotatable bonds is 1. The van der Waals surface area contributed by atoms with E-state index in [2.05, 4.69) is 5.32 Å². The van der Waals surface area contributed by atoms with Crippen LogP contribution in [0.2, 0.25) is 0 Å². The molecule has 4 amide bonds. The minimum Gasteiger partial charge on any atom is -0.493 e. The van der Waals surface area contributed by atoms with Crippen LogP contribution in [0.25, 0.3) is 0 Å². The van der Waals surface area contributed by atoms with Crippen LogP contribution in [-0.4, -0.2) is 65.0 Å². The average molecular weight is 470 g/mol. The van der Waals surface area contributed by atoms with Gasteiger partial charge in [0.15, 0.2) is 0 Å². The highest BCUT2D eigenvalue weighted by atomic mass is 16.6. The Morgan fingerprint density at radius 3 is 2.56 bits per heavy atom. The Hall–Kier alpha value is -3.10. The second kappa shape index (κ2) is 7.99. The number of carbonyl (C=O) groups is 4. The first-order chi connectivity index (χ1) is 16.1. The van der Waals surface area contributed by atoms with Crippen LogP contribution in [0.5, 0.6) is 5.75 Å². The van der Waals surface area contributed by atoms with Gasteiger partial charge in [0.25, 0.3) is 5.91 Å². The second-order valence-electron chi connectivity index (χ2n) is 10.7. The number of nitrogens with one attached hydrogen (secondary N) is 1. The number of hydrogen-bond acceptors (Lipinski definition) is 6. The molecule has 1 unspecified atom stereocenters. The van der Waals surface area contributed by atoms with Crippen molar-refractivity contribution in [3.63, 3.8) is 0 Å². The summed E-state index contributed by atoms with van der Waals surface area (Å²) in [5.41, 5.74) is 1.82. The molecule has 1 aromatic rings. The molecule has 5 rings (SSSR count). The number of carbonyl (C=O) groups excluding carboxylic acids is 4. The molecule has 1 spiro atoms. The quantitative estimate of drug-likeness (QED) is 0.634. The van der Waals surface area contributed by atoms with Gasteiger partial charge in [-0.15, -0.1) is 0 Å². The van der Waals surface area contributed by atoms with Crippen LogP contribution < -0.4 is 10.1 Å². The molecule has 2 fully saturated rings. The summed E-state index contributed by atoms with van der Waals surface area (Å²) in [4.78, 5) is 53.0. The molecule has 9 nitrogen and oxygen atoms in total. The zero-order chi connectivity index (χ0) is 24.3. The zero-order valence-electron chi connectivity index (χ0n) is 19.9. The Balaban J connectivity index is 1.37. The predicted molar refractivity (Wildman–Crippen MR) is 121 cm³/mol. The Morgan fingerprint density at radius 1 is 1.15 bits per heavy atom. The van der Waals surface area contributed by atoms with E-state index in [0.29, 0.717) is 38.2 Å². The van der Waals surface area contributed by atoms with Gasteiger partial charge < -0.3 is 19.3 Å². The molecule has 1 N–H and O–H groups in total. The molecule has 0 bridgehead atoms. The fourth-order valence-corrected chi connectivity index (χ4v) is 5.64. The fourth-order valence-electron chi connectivity index (χ4n) is 5.64. The summed E-state index contributed by atoms with van der Waals surface area (Å²) in [6, 6.07) is 3.18. The monoisotopic (exact) mass is 469 g/mol. The molecule has 4 heterocycles. The number of amides is 4. The summed E-state index contributed by atoms with van der Waals surface area (Å²) in [6.07, 6.45) is 2.72. The van der Waals surface area contributed by atoms with Crippen LogP contribution in [0, 0.1) is 0 Å². The van der Waals surface area contributed by atoms with E-state index in [1.807, 2.05) is 32.9 Å². The lowest BCUT2D eigenvalue weighted by molar-refractivity contribution is -0.136. The summed E-state index contributed by atoms with van der Waals surface area (Å²) >= 11 is 0. The number of imide groups is 1. The first-order valence-electron chi connectivity index (χ1n) is 12.0. The van der Waals surface area contributed by atoms with Gasteiger partial charge in [-0.1, -0.05) is 6.07 Å². The van der Waals surface area contributed by atoms with Crippen molar-refractivity contribution in [1.82, 2.24) is 15.1 Å². The molecule has 4 aliphatic heterocycles. The molecular weight excluding hydrogens is 438 g/mol. The summed E-state index contributed by atoms with van der Waals surface area (Å²) in [6.45, 7) is 7.65. The molecule has 1 atom stereocenters. The standard InChI is InChI=1S/C25H31N3O6/c1-24(2,3)34-23(32)27-11-8-25(9-12-27)10-13-33-20-16-14-28(18-6-7-19(29)26-21(18)30)22(31)15(16)4-5-17(20)25/h4-5,18H,6-14H2,1-3H3,(H,26,29,30). The summed E-state index contributed by atoms with van der Waals surface area (Å²) in [5, 5.41) is 2.34. The molecule has 1 aromatic carbocycles. The Morgan fingerprint density at radius 2 is 1.88 bits per heavy atom. The lowest BCUT2D eigenvalue weighted by Gasteiger charge is -2.45. The molecule has 0 aromatic heterocycles. The maximum absolute atomic E-state index is 13.2. The normalized spacial score (nSPS) is 23.9. The summed E-state index contributed by atoms with van der Waals surface area (Å²) in [7, 11) is 0. The van der Waals surface area contributed by atoms with E-state index in [4.69, 9.17) is 9.47 Å². The van der Waals surface area contributed by atoms with Gasteiger partial charge in [-0.25, -0.2) is 4.79 Å². The van der Waals surface area contributed by atoms with Crippen molar-refractivity contribution >= 4 is 23.8 Å². The number of likely N-dealkylation sites (tertiary alicyclic amines) is 1. The van der Waals surface area contributed by atoms with Gasteiger partial charge in [-0.05, 0) is 52.5 Å². The van der Waals surface area contributed by atoms with E-state index in [-0.39, 0.29) is 29.7 Å². The zero-order valence-corrected chi connectivity index (χ0v) is 19.9. The Kier molecular flexibility index (Phi) is 5.33. The number of ether oxygens (including phenoxy) is 2. The van der Waals surface area contributed by atoms with E-state index < -0.39 is 17.6 Å².